The van der Waals surface area contributed by atoms with Crippen LogP contribution in [0.5, 0.6) is 0 Å². The van der Waals surface area contributed by atoms with Gasteiger partial charge in [0, 0.05) is 12.8 Å². The van der Waals surface area contributed by atoms with Gasteiger partial charge in [-0.05, 0) is 12.8 Å². The first kappa shape index (κ1) is 32.9. The molecule has 0 aliphatic carbocycles. The zero-order chi connectivity index (χ0) is 14.4. The minimum Gasteiger partial charge on any atom is -0.371 e. The third-order valence-corrected chi connectivity index (χ3v) is 2.34. The number of hydrogen-bond donors (Lipinski definition) is 8. The lowest BCUT2D eigenvalue weighted by molar-refractivity contribution is -0.138. The lowest BCUT2D eigenvalue weighted by Gasteiger charge is -2.06. The largest absolute Gasteiger partial charge is 0.526 e. The molecule has 0 radical (unpaired) electrons. The molecule has 16 N–H and O–H groups in total. The number of rotatable bonds is 7. The number of carbonyl (C=O) groups excluding carboxylic acids is 2. The normalized spacial score (nSPS) is 9.82. The van der Waals surface area contributed by atoms with Crippen molar-refractivity contribution in [2.45, 2.75) is 25.7 Å². The van der Waals surface area contributed by atoms with Gasteiger partial charge in [-0.25, -0.2) is 9.13 Å². The van der Waals surface area contributed by atoms with E-state index in [-0.39, 0.29) is 50.3 Å². The van der Waals surface area contributed by atoms with Gasteiger partial charge >= 0.3 is 27.6 Å². The van der Waals surface area contributed by atoms with Gasteiger partial charge in [0.1, 0.15) is 0 Å². The Bertz CT molecular complexity index is 368. The molecule has 0 aromatic rings. The van der Waals surface area contributed by atoms with Gasteiger partial charge in [0.2, 0.25) is 0 Å². The molecule has 0 heterocycles. The quantitative estimate of drug-likeness (QED) is 0.222. The first-order valence-electron chi connectivity index (χ1n) is 4.55. The topological polar surface area (TPSA) is 308 Å². The van der Waals surface area contributed by atoms with Crippen molar-refractivity contribution in [1.82, 2.24) is 24.6 Å². The van der Waals surface area contributed by atoms with Crippen LogP contribution in [-0.4, -0.2) is 31.5 Å². The molecular weight excluding hydrogens is 350 g/mol. The average molecular weight is 374 g/mol. The summed E-state index contributed by atoms with van der Waals surface area (Å²) >= 11 is 0. The fourth-order valence-electron chi connectivity index (χ4n) is 0.895. The zero-order valence-electron chi connectivity index (χ0n) is 11.8. The van der Waals surface area contributed by atoms with Crippen LogP contribution in [0.2, 0.25) is 0 Å². The molecule has 0 aromatic heterocycles. The zero-order valence-corrected chi connectivity index (χ0v) is 13.6. The Morgan fingerprint density at radius 1 is 0.682 bits per heavy atom. The molecule has 0 bridgehead atoms. The maximum absolute atomic E-state index is 10.8. The Kier molecular flexibility index (Phi) is 20.5. The molecule has 0 spiro atoms. The second kappa shape index (κ2) is 13.7. The predicted molar refractivity (Wildman–Crippen MR) is 74.8 cm³/mol. The number of phosphoric ester groups is 2. The van der Waals surface area contributed by atoms with Crippen molar-refractivity contribution in [3.05, 3.63) is 0 Å². The summed E-state index contributed by atoms with van der Waals surface area (Å²) in [7, 11) is -9.72. The number of carbonyl (C=O) groups is 2. The highest BCUT2D eigenvalue weighted by Gasteiger charge is 2.21. The predicted octanol–water partition coefficient (Wildman–Crippen LogP) is 0.467. The van der Waals surface area contributed by atoms with Gasteiger partial charge in [-0.2, -0.15) is 0 Å². The van der Waals surface area contributed by atoms with E-state index in [4.69, 9.17) is 19.6 Å². The fraction of sp³-hybridized carbons (Fsp3) is 0.667. The smallest absolute Gasteiger partial charge is 0.371 e. The molecule has 14 nitrogen and oxygen atoms in total. The third kappa shape index (κ3) is 24.1. The Morgan fingerprint density at radius 2 is 0.909 bits per heavy atom. The molecule has 16 heteroatoms. The highest BCUT2D eigenvalue weighted by molar-refractivity contribution is 7.47. The summed E-state index contributed by atoms with van der Waals surface area (Å²) in [5, 5.41) is 0. The summed E-state index contributed by atoms with van der Waals surface area (Å²) in [5.41, 5.74) is 0. The molecule has 0 aromatic carbocycles. The molecule has 0 unspecified atom stereocenters. The Hall–Kier alpha value is -0.920. The maximum atomic E-state index is 10.8. The summed E-state index contributed by atoms with van der Waals surface area (Å²) in [5.74, 6) is -2.27. The van der Waals surface area contributed by atoms with E-state index >= 15 is 0 Å². The third-order valence-electron chi connectivity index (χ3n) is 1.45. The molecule has 0 atom stereocenters. The summed E-state index contributed by atoms with van der Waals surface area (Å²) < 4.78 is 27.9. The van der Waals surface area contributed by atoms with Crippen LogP contribution in [0.15, 0.2) is 0 Å². The van der Waals surface area contributed by atoms with Gasteiger partial charge in [-0.3, -0.25) is 29.2 Å². The second-order valence-electron chi connectivity index (χ2n) is 3.11. The van der Waals surface area contributed by atoms with Crippen LogP contribution in [0.25, 0.3) is 0 Å². The summed E-state index contributed by atoms with van der Waals surface area (Å²) in [6.45, 7) is 0. The Morgan fingerprint density at radius 3 is 1.09 bits per heavy atom. The van der Waals surface area contributed by atoms with Crippen molar-refractivity contribution in [2.24, 2.45) is 0 Å². The van der Waals surface area contributed by atoms with Crippen molar-refractivity contribution in [2.75, 3.05) is 0 Å². The minimum atomic E-state index is -4.86. The van der Waals surface area contributed by atoms with Crippen molar-refractivity contribution < 1.29 is 47.3 Å². The average Bonchev–Trinajstić information content (AvgIpc) is 2.06. The molecule has 138 valence electrons. The van der Waals surface area contributed by atoms with E-state index in [2.05, 4.69) is 9.05 Å². The van der Waals surface area contributed by atoms with Crippen LogP contribution in [-0.2, 0) is 27.8 Å². The van der Waals surface area contributed by atoms with E-state index < -0.39 is 27.6 Å². The fourth-order valence-corrected chi connectivity index (χ4v) is 1.61. The van der Waals surface area contributed by atoms with E-state index in [1.54, 1.807) is 0 Å². The first-order valence-corrected chi connectivity index (χ1v) is 7.61. The van der Waals surface area contributed by atoms with Crippen molar-refractivity contribution in [1.29, 1.82) is 0 Å². The van der Waals surface area contributed by atoms with Crippen LogP contribution in [0.1, 0.15) is 25.7 Å². The molecule has 0 amide bonds. The van der Waals surface area contributed by atoms with E-state index in [9.17, 15) is 18.7 Å². The van der Waals surface area contributed by atoms with Crippen LogP contribution in [0.3, 0.4) is 0 Å². The Labute approximate surface area is 126 Å². The first-order chi connectivity index (χ1) is 7.99. The van der Waals surface area contributed by atoms with Gasteiger partial charge in [0.15, 0.2) is 0 Å². The summed E-state index contributed by atoms with van der Waals surface area (Å²) in [6.07, 6.45) is -0.577. The summed E-state index contributed by atoms with van der Waals surface area (Å²) in [4.78, 5) is 54.6. The molecule has 0 aliphatic rings. The maximum Gasteiger partial charge on any atom is 0.526 e. The van der Waals surface area contributed by atoms with Crippen molar-refractivity contribution in [3.8, 4) is 0 Å². The van der Waals surface area contributed by atoms with Crippen LogP contribution in [0, 0.1) is 0 Å². The van der Waals surface area contributed by atoms with E-state index in [0.717, 1.165) is 0 Å². The standard InChI is InChI=1S/C6H12O10P2.4H3N/c7-5(15-17(9,10)11)3-1-2-4-6(8)16-18(12,13)14;;;;/h1-4H2,(H2,9,10,11)(H2,12,13,14);4*1H3. The lowest BCUT2D eigenvalue weighted by Crippen LogP contribution is -2.04. The number of phosphoric acid groups is 2. The van der Waals surface area contributed by atoms with Gasteiger partial charge in [-0.15, -0.1) is 0 Å². The van der Waals surface area contributed by atoms with Crippen LogP contribution >= 0.6 is 15.6 Å². The molecule has 0 saturated heterocycles. The highest BCUT2D eigenvalue weighted by Crippen LogP contribution is 2.37. The number of hydrogen-bond acceptors (Lipinski definition) is 10. The van der Waals surface area contributed by atoms with Crippen LogP contribution in [0.4, 0.5) is 0 Å². The van der Waals surface area contributed by atoms with Gasteiger partial charge in [0.25, 0.3) is 0 Å². The molecule has 0 aliphatic heterocycles. The van der Waals surface area contributed by atoms with Gasteiger partial charge in [0.05, 0.1) is 0 Å². The molecule has 0 rings (SSSR count). The van der Waals surface area contributed by atoms with Crippen molar-refractivity contribution >= 4 is 27.6 Å². The second-order valence-corrected chi connectivity index (χ2v) is 5.44. The van der Waals surface area contributed by atoms with E-state index in [0.29, 0.717) is 0 Å². The number of unbranched alkanes of at least 4 members (excludes halogenated alkanes) is 1. The SMILES string of the molecule is N.N.N.N.O=C(CCCCC(=O)OP(=O)(O)O)OP(=O)(O)O. The van der Waals surface area contributed by atoms with Crippen molar-refractivity contribution in [3.63, 3.8) is 0 Å². The molecular formula is C6H24N4O10P2. The molecule has 22 heavy (non-hydrogen) atoms. The van der Waals surface area contributed by atoms with Gasteiger partial charge < -0.3 is 33.6 Å². The summed E-state index contributed by atoms with van der Waals surface area (Å²) in [6, 6.07) is 0. The monoisotopic (exact) mass is 374 g/mol. The van der Waals surface area contributed by atoms with Gasteiger partial charge in [-0.1, -0.05) is 0 Å². The molecule has 0 saturated carbocycles. The molecule has 0 fully saturated rings. The Balaban J connectivity index is -0.000000241. The lowest BCUT2D eigenvalue weighted by atomic mass is 10.2. The van der Waals surface area contributed by atoms with E-state index in [1.807, 2.05) is 0 Å². The van der Waals surface area contributed by atoms with Crippen LogP contribution < -0.4 is 24.6 Å². The highest BCUT2D eigenvalue weighted by atomic mass is 31.2. The minimum absolute atomic E-state index is 0. The van der Waals surface area contributed by atoms with E-state index in [1.165, 1.54) is 0 Å².